The predicted octanol–water partition coefficient (Wildman–Crippen LogP) is 3.98. The van der Waals surface area contributed by atoms with Crippen LogP contribution < -0.4 is 10.6 Å². The van der Waals surface area contributed by atoms with E-state index in [1.165, 1.54) is 36.4 Å². The highest BCUT2D eigenvalue weighted by Gasteiger charge is 2.33. The summed E-state index contributed by atoms with van der Waals surface area (Å²) in [5, 5.41) is 13.2. The number of halogens is 3. The maximum absolute atomic E-state index is 12.9. The Morgan fingerprint density at radius 2 is 1.58 bits per heavy atom. The van der Waals surface area contributed by atoms with Crippen molar-refractivity contribution in [3.63, 3.8) is 0 Å². The van der Waals surface area contributed by atoms with Crippen molar-refractivity contribution in [1.29, 1.82) is 0 Å². The molecule has 5 nitrogen and oxygen atoms in total. The van der Waals surface area contributed by atoms with Gasteiger partial charge in [-0.2, -0.15) is 13.2 Å². The summed E-state index contributed by atoms with van der Waals surface area (Å²) >= 11 is 0. The number of carboxylic acid groups (broad SMARTS) is 1. The summed E-state index contributed by atoms with van der Waals surface area (Å²) in [6, 6.07) is 9.74. The standard InChI is InChI=1S/C16H13F3N2O3/c17-16(18,19)12-3-1-2-4-13(12)21-15(24)20-11-7-5-10(6-8-11)9-14(22)23/h1-8H,9H2,(H,22,23)(H2,20,21,24). The summed E-state index contributed by atoms with van der Waals surface area (Å²) in [7, 11) is 0. The molecule has 0 bridgehead atoms. The number of rotatable bonds is 4. The molecule has 8 heteroatoms. The minimum absolute atomic E-state index is 0.161. The van der Waals surface area contributed by atoms with Crippen molar-refractivity contribution in [3.05, 3.63) is 59.7 Å². The lowest BCUT2D eigenvalue weighted by molar-refractivity contribution is -0.137. The Balaban J connectivity index is 2.05. The van der Waals surface area contributed by atoms with E-state index in [0.29, 0.717) is 11.3 Å². The number of urea groups is 1. The molecule has 0 aliphatic carbocycles. The lowest BCUT2D eigenvalue weighted by atomic mass is 10.1. The number of carboxylic acids is 1. The van der Waals surface area contributed by atoms with Crippen molar-refractivity contribution in [2.75, 3.05) is 10.6 Å². The molecule has 2 rings (SSSR count). The van der Waals surface area contributed by atoms with Crippen LogP contribution >= 0.6 is 0 Å². The van der Waals surface area contributed by atoms with Crippen molar-refractivity contribution in [2.45, 2.75) is 12.6 Å². The Morgan fingerprint density at radius 3 is 2.17 bits per heavy atom. The molecule has 24 heavy (non-hydrogen) atoms. The third kappa shape index (κ3) is 4.73. The molecule has 0 unspecified atom stereocenters. The summed E-state index contributed by atoms with van der Waals surface area (Å²) in [4.78, 5) is 22.4. The van der Waals surface area contributed by atoms with Crippen LogP contribution in [0.2, 0.25) is 0 Å². The fourth-order valence-corrected chi connectivity index (χ4v) is 2.00. The van der Waals surface area contributed by atoms with Crippen LogP contribution in [0.5, 0.6) is 0 Å². The second kappa shape index (κ2) is 7.03. The number of hydrogen-bond donors (Lipinski definition) is 3. The molecule has 3 N–H and O–H groups in total. The highest BCUT2D eigenvalue weighted by molar-refractivity contribution is 6.00. The number of anilines is 2. The lowest BCUT2D eigenvalue weighted by Crippen LogP contribution is -2.21. The van der Waals surface area contributed by atoms with Crippen LogP contribution in [0.4, 0.5) is 29.3 Å². The number of nitrogens with one attached hydrogen (secondary N) is 2. The minimum Gasteiger partial charge on any atom is -0.481 e. The van der Waals surface area contributed by atoms with Gasteiger partial charge in [-0.1, -0.05) is 24.3 Å². The SMILES string of the molecule is O=C(O)Cc1ccc(NC(=O)Nc2ccccc2C(F)(F)F)cc1. The molecule has 0 radical (unpaired) electrons. The summed E-state index contributed by atoms with van der Waals surface area (Å²) in [5.41, 5.74) is -0.441. The predicted molar refractivity (Wildman–Crippen MR) is 81.9 cm³/mol. The summed E-state index contributed by atoms with van der Waals surface area (Å²) in [6.45, 7) is 0. The fraction of sp³-hybridized carbons (Fsp3) is 0.125. The van der Waals surface area contributed by atoms with Gasteiger partial charge in [0.15, 0.2) is 0 Å². The Morgan fingerprint density at radius 1 is 0.958 bits per heavy atom. The quantitative estimate of drug-likeness (QED) is 0.789. The molecule has 0 fully saturated rings. The smallest absolute Gasteiger partial charge is 0.418 e. The Bertz CT molecular complexity index is 743. The average molecular weight is 338 g/mol. The number of alkyl halides is 3. The van der Waals surface area contributed by atoms with E-state index >= 15 is 0 Å². The van der Waals surface area contributed by atoms with Crippen LogP contribution in [-0.2, 0) is 17.4 Å². The van der Waals surface area contributed by atoms with Gasteiger partial charge in [-0.05, 0) is 29.8 Å². The normalized spacial score (nSPS) is 11.0. The first kappa shape index (κ1) is 17.3. The molecule has 0 aliphatic heterocycles. The number of aliphatic carboxylic acids is 1. The van der Waals surface area contributed by atoms with E-state index in [1.54, 1.807) is 0 Å². The van der Waals surface area contributed by atoms with Crippen LogP contribution in [-0.4, -0.2) is 17.1 Å². The highest BCUT2D eigenvalue weighted by Crippen LogP contribution is 2.34. The van der Waals surface area contributed by atoms with Gasteiger partial charge in [-0.15, -0.1) is 0 Å². The molecule has 0 atom stereocenters. The van der Waals surface area contributed by atoms with Crippen LogP contribution in [0.15, 0.2) is 48.5 Å². The first-order valence-electron chi connectivity index (χ1n) is 6.80. The molecule has 0 aromatic heterocycles. The van der Waals surface area contributed by atoms with Gasteiger partial charge >= 0.3 is 18.2 Å². The fourth-order valence-electron chi connectivity index (χ4n) is 2.00. The zero-order chi connectivity index (χ0) is 17.7. The second-order valence-electron chi connectivity index (χ2n) is 4.89. The van der Waals surface area contributed by atoms with Crippen molar-refractivity contribution in [1.82, 2.24) is 0 Å². The third-order valence-corrected chi connectivity index (χ3v) is 3.05. The number of hydrogen-bond acceptors (Lipinski definition) is 2. The first-order chi connectivity index (χ1) is 11.3. The molecular formula is C16H13F3N2O3. The third-order valence-electron chi connectivity index (χ3n) is 3.05. The number of carbonyl (C=O) groups is 2. The zero-order valence-electron chi connectivity index (χ0n) is 12.2. The molecule has 2 aromatic rings. The van der Waals surface area contributed by atoms with Gasteiger partial charge in [0.25, 0.3) is 0 Å². The molecular weight excluding hydrogens is 325 g/mol. The van der Waals surface area contributed by atoms with E-state index in [-0.39, 0.29) is 12.1 Å². The number of para-hydroxylation sites is 1. The lowest BCUT2D eigenvalue weighted by Gasteiger charge is -2.14. The summed E-state index contributed by atoms with van der Waals surface area (Å²) in [6.07, 6.45) is -4.74. The minimum atomic E-state index is -4.58. The molecule has 2 amide bonds. The van der Waals surface area contributed by atoms with Gasteiger partial charge in [0.2, 0.25) is 0 Å². The molecule has 0 saturated heterocycles. The van der Waals surface area contributed by atoms with Crippen molar-refractivity contribution < 1.29 is 27.9 Å². The summed E-state index contributed by atoms with van der Waals surface area (Å²) < 4.78 is 38.6. The van der Waals surface area contributed by atoms with Crippen molar-refractivity contribution >= 4 is 23.4 Å². The first-order valence-corrected chi connectivity index (χ1v) is 6.80. The van der Waals surface area contributed by atoms with Crippen LogP contribution in [0.25, 0.3) is 0 Å². The highest BCUT2D eigenvalue weighted by atomic mass is 19.4. The molecule has 0 spiro atoms. The van der Waals surface area contributed by atoms with Crippen LogP contribution in [0, 0.1) is 0 Å². The van der Waals surface area contributed by atoms with Gasteiger partial charge in [-0.25, -0.2) is 4.79 Å². The molecule has 0 heterocycles. The zero-order valence-corrected chi connectivity index (χ0v) is 12.2. The van der Waals surface area contributed by atoms with E-state index in [1.807, 2.05) is 0 Å². The molecule has 126 valence electrons. The maximum Gasteiger partial charge on any atom is 0.418 e. The van der Waals surface area contributed by atoms with Crippen molar-refractivity contribution in [2.24, 2.45) is 0 Å². The van der Waals surface area contributed by atoms with Crippen molar-refractivity contribution in [3.8, 4) is 0 Å². The van der Waals surface area contributed by atoms with E-state index in [0.717, 1.165) is 12.1 Å². The van der Waals surface area contributed by atoms with Gasteiger partial charge in [0.05, 0.1) is 17.7 Å². The summed E-state index contributed by atoms with van der Waals surface area (Å²) in [5.74, 6) is -0.989. The van der Waals surface area contributed by atoms with Crippen LogP contribution in [0.3, 0.4) is 0 Å². The van der Waals surface area contributed by atoms with E-state index in [4.69, 9.17) is 5.11 Å². The number of benzene rings is 2. The monoisotopic (exact) mass is 338 g/mol. The van der Waals surface area contributed by atoms with Gasteiger partial charge in [-0.3, -0.25) is 4.79 Å². The topological polar surface area (TPSA) is 78.4 Å². The number of amides is 2. The molecule has 2 aromatic carbocycles. The maximum atomic E-state index is 12.9. The average Bonchev–Trinajstić information content (AvgIpc) is 2.48. The molecule has 0 saturated carbocycles. The van der Waals surface area contributed by atoms with Gasteiger partial charge < -0.3 is 15.7 Å². The largest absolute Gasteiger partial charge is 0.481 e. The Kier molecular flexibility index (Phi) is 5.08. The van der Waals surface area contributed by atoms with E-state index < -0.39 is 23.7 Å². The number of carbonyl (C=O) groups excluding carboxylic acids is 1. The van der Waals surface area contributed by atoms with E-state index in [9.17, 15) is 22.8 Å². The van der Waals surface area contributed by atoms with E-state index in [2.05, 4.69) is 10.6 Å². The van der Waals surface area contributed by atoms with Gasteiger partial charge in [0.1, 0.15) is 0 Å². The Labute approximate surface area is 135 Å². The molecule has 0 aliphatic rings. The Hall–Kier alpha value is -3.03. The second-order valence-corrected chi connectivity index (χ2v) is 4.89. The van der Waals surface area contributed by atoms with Gasteiger partial charge in [0, 0.05) is 5.69 Å². The van der Waals surface area contributed by atoms with Crippen LogP contribution in [0.1, 0.15) is 11.1 Å².